The molecule has 0 saturated carbocycles. The Morgan fingerprint density at radius 3 is 2.67 bits per heavy atom. The Balaban J connectivity index is 2.52. The maximum atomic E-state index is 11.7. The molecule has 0 aromatic heterocycles. The van der Waals surface area contributed by atoms with Gasteiger partial charge in [-0.3, -0.25) is 9.59 Å². The fourth-order valence-electron chi connectivity index (χ4n) is 1.32. The van der Waals surface area contributed by atoms with Crippen molar-refractivity contribution in [2.75, 3.05) is 0 Å². The summed E-state index contributed by atoms with van der Waals surface area (Å²) >= 11 is 0. The molecule has 1 heterocycles. The predicted octanol–water partition coefficient (Wildman–Crippen LogP) is -0.459. The number of aliphatic hydroxyl groups is 1. The van der Waals surface area contributed by atoms with Crippen molar-refractivity contribution in [2.45, 2.75) is 51.3 Å². The lowest BCUT2D eigenvalue weighted by atomic mass is 9.98. The van der Waals surface area contributed by atoms with E-state index >= 15 is 0 Å². The van der Waals surface area contributed by atoms with E-state index in [2.05, 4.69) is 10.6 Å². The number of nitrogens with one attached hydrogen (secondary N) is 2. The lowest BCUT2D eigenvalue weighted by Gasteiger charge is -2.30. The zero-order valence-corrected chi connectivity index (χ0v) is 9.33. The van der Waals surface area contributed by atoms with Crippen molar-refractivity contribution in [3.05, 3.63) is 0 Å². The molecule has 1 aliphatic rings. The molecule has 3 N–H and O–H groups in total. The fourth-order valence-corrected chi connectivity index (χ4v) is 1.32. The molecule has 0 aromatic carbocycles. The van der Waals surface area contributed by atoms with Crippen LogP contribution in [0.25, 0.3) is 0 Å². The average Bonchev–Trinajstić information content (AvgIpc) is 2.50. The second-order valence-electron chi connectivity index (χ2n) is 4.55. The third-order valence-corrected chi connectivity index (χ3v) is 2.80. The summed E-state index contributed by atoms with van der Waals surface area (Å²) in [7, 11) is 0. The number of amides is 2. The summed E-state index contributed by atoms with van der Waals surface area (Å²) in [5.74, 6) is -0.322. The van der Waals surface area contributed by atoms with Gasteiger partial charge in [-0.15, -0.1) is 0 Å². The molecule has 0 radical (unpaired) electrons. The molecule has 1 fully saturated rings. The van der Waals surface area contributed by atoms with E-state index in [1.807, 2.05) is 0 Å². The van der Waals surface area contributed by atoms with Crippen LogP contribution in [0.4, 0.5) is 0 Å². The minimum absolute atomic E-state index is 0.0926. The van der Waals surface area contributed by atoms with E-state index in [1.165, 1.54) is 0 Å². The largest absolute Gasteiger partial charge is 0.391 e. The molecule has 2 amide bonds. The second kappa shape index (κ2) is 4.18. The molecule has 2 atom stereocenters. The monoisotopic (exact) mass is 214 g/mol. The molecule has 15 heavy (non-hydrogen) atoms. The smallest absolute Gasteiger partial charge is 0.243 e. The van der Waals surface area contributed by atoms with Gasteiger partial charge in [0.2, 0.25) is 11.8 Å². The van der Waals surface area contributed by atoms with Crippen LogP contribution in [0.2, 0.25) is 0 Å². The SMILES string of the molecule is CC(O)C(C)(C)NC(=O)C1CCC(=O)N1. The Morgan fingerprint density at radius 2 is 2.27 bits per heavy atom. The van der Waals surface area contributed by atoms with Crippen LogP contribution >= 0.6 is 0 Å². The quantitative estimate of drug-likeness (QED) is 0.595. The van der Waals surface area contributed by atoms with Crippen molar-refractivity contribution in [3.8, 4) is 0 Å². The molecular weight excluding hydrogens is 196 g/mol. The van der Waals surface area contributed by atoms with Gasteiger partial charge in [-0.05, 0) is 27.2 Å². The fraction of sp³-hybridized carbons (Fsp3) is 0.800. The highest BCUT2D eigenvalue weighted by atomic mass is 16.3. The molecule has 0 aromatic rings. The minimum Gasteiger partial charge on any atom is -0.391 e. The molecule has 5 nitrogen and oxygen atoms in total. The van der Waals surface area contributed by atoms with Crippen LogP contribution in [0.3, 0.4) is 0 Å². The van der Waals surface area contributed by atoms with Crippen LogP contribution in [-0.4, -0.2) is 34.6 Å². The van der Waals surface area contributed by atoms with E-state index in [1.54, 1.807) is 20.8 Å². The van der Waals surface area contributed by atoms with E-state index in [-0.39, 0.29) is 11.8 Å². The predicted molar refractivity (Wildman–Crippen MR) is 55.1 cm³/mol. The van der Waals surface area contributed by atoms with Gasteiger partial charge in [0, 0.05) is 6.42 Å². The highest BCUT2D eigenvalue weighted by Gasteiger charge is 2.32. The number of rotatable bonds is 3. The summed E-state index contributed by atoms with van der Waals surface area (Å²) in [6.07, 6.45) is 0.284. The molecule has 0 bridgehead atoms. The normalized spacial score (nSPS) is 23.5. The summed E-state index contributed by atoms with van der Waals surface area (Å²) in [6, 6.07) is -0.449. The highest BCUT2D eigenvalue weighted by molar-refractivity contribution is 5.91. The van der Waals surface area contributed by atoms with Crippen LogP contribution in [0.1, 0.15) is 33.6 Å². The van der Waals surface area contributed by atoms with Crippen LogP contribution in [-0.2, 0) is 9.59 Å². The summed E-state index contributed by atoms with van der Waals surface area (Å²) in [4.78, 5) is 22.6. The lowest BCUT2D eigenvalue weighted by Crippen LogP contribution is -2.55. The Bertz CT molecular complexity index is 274. The Labute approximate surface area is 89.2 Å². The molecule has 1 rings (SSSR count). The highest BCUT2D eigenvalue weighted by Crippen LogP contribution is 2.12. The van der Waals surface area contributed by atoms with Gasteiger partial charge >= 0.3 is 0 Å². The molecule has 1 aliphatic heterocycles. The Kier molecular flexibility index (Phi) is 3.34. The minimum atomic E-state index is -0.676. The maximum absolute atomic E-state index is 11.7. The molecule has 0 spiro atoms. The van der Waals surface area contributed by atoms with E-state index in [0.717, 1.165) is 0 Å². The number of carbonyl (C=O) groups excluding carboxylic acids is 2. The van der Waals surface area contributed by atoms with Gasteiger partial charge in [0.1, 0.15) is 6.04 Å². The first-order valence-electron chi connectivity index (χ1n) is 5.12. The number of hydrogen-bond donors (Lipinski definition) is 3. The van der Waals surface area contributed by atoms with Crippen LogP contribution in [0, 0.1) is 0 Å². The van der Waals surface area contributed by atoms with Crippen molar-refractivity contribution >= 4 is 11.8 Å². The first-order chi connectivity index (χ1) is 6.83. The zero-order chi connectivity index (χ0) is 11.6. The molecule has 0 aliphatic carbocycles. The van der Waals surface area contributed by atoms with Crippen LogP contribution in [0.15, 0.2) is 0 Å². The third kappa shape index (κ3) is 2.92. The first kappa shape index (κ1) is 12.0. The van der Waals surface area contributed by atoms with Crippen molar-refractivity contribution in [1.82, 2.24) is 10.6 Å². The molecule has 5 heteroatoms. The molecular formula is C10H18N2O3. The molecule has 86 valence electrons. The molecule has 1 saturated heterocycles. The zero-order valence-electron chi connectivity index (χ0n) is 9.33. The number of carbonyl (C=O) groups is 2. The van der Waals surface area contributed by atoms with Crippen LogP contribution in [0.5, 0.6) is 0 Å². The van der Waals surface area contributed by atoms with Gasteiger partial charge in [-0.1, -0.05) is 0 Å². The topological polar surface area (TPSA) is 78.4 Å². The Morgan fingerprint density at radius 1 is 1.67 bits per heavy atom. The van der Waals surface area contributed by atoms with E-state index in [9.17, 15) is 14.7 Å². The van der Waals surface area contributed by atoms with E-state index < -0.39 is 17.7 Å². The molecule has 2 unspecified atom stereocenters. The third-order valence-electron chi connectivity index (χ3n) is 2.80. The standard InChI is InChI=1S/C10H18N2O3/c1-6(13)10(2,3)12-9(15)7-4-5-8(14)11-7/h6-7,13H,4-5H2,1-3H3,(H,11,14)(H,12,15). The summed E-state index contributed by atoms with van der Waals surface area (Å²) < 4.78 is 0. The van der Waals surface area contributed by atoms with Crippen molar-refractivity contribution in [1.29, 1.82) is 0 Å². The van der Waals surface area contributed by atoms with Crippen molar-refractivity contribution in [2.24, 2.45) is 0 Å². The second-order valence-corrected chi connectivity index (χ2v) is 4.55. The summed E-state index contributed by atoms with van der Waals surface area (Å²) in [6.45, 7) is 5.10. The van der Waals surface area contributed by atoms with Crippen LogP contribution < -0.4 is 10.6 Å². The van der Waals surface area contributed by atoms with Gasteiger partial charge in [0.15, 0.2) is 0 Å². The van der Waals surface area contributed by atoms with Gasteiger partial charge in [0.05, 0.1) is 11.6 Å². The van der Waals surface area contributed by atoms with Gasteiger partial charge < -0.3 is 15.7 Å². The number of aliphatic hydroxyl groups excluding tert-OH is 1. The van der Waals surface area contributed by atoms with Gasteiger partial charge in [-0.25, -0.2) is 0 Å². The van der Waals surface area contributed by atoms with Gasteiger partial charge in [0.25, 0.3) is 0 Å². The van der Waals surface area contributed by atoms with E-state index in [0.29, 0.717) is 12.8 Å². The maximum Gasteiger partial charge on any atom is 0.243 e. The first-order valence-corrected chi connectivity index (χ1v) is 5.12. The summed E-state index contributed by atoms with van der Waals surface area (Å²) in [5, 5.41) is 14.7. The lowest BCUT2D eigenvalue weighted by molar-refractivity contribution is -0.127. The van der Waals surface area contributed by atoms with E-state index in [4.69, 9.17) is 0 Å². The average molecular weight is 214 g/mol. The number of hydrogen-bond acceptors (Lipinski definition) is 3. The van der Waals surface area contributed by atoms with Gasteiger partial charge in [-0.2, -0.15) is 0 Å². The van der Waals surface area contributed by atoms with Crippen molar-refractivity contribution in [3.63, 3.8) is 0 Å². The Hall–Kier alpha value is -1.10. The summed E-state index contributed by atoms with van der Waals surface area (Å²) in [5.41, 5.74) is -0.676. The van der Waals surface area contributed by atoms with Crippen molar-refractivity contribution < 1.29 is 14.7 Å².